The molecule has 0 bridgehead atoms. The van der Waals surface area contributed by atoms with Gasteiger partial charge >= 0.3 is 6.09 Å². The van der Waals surface area contributed by atoms with Gasteiger partial charge in [0.05, 0.1) is 9.21 Å². The molecule has 2 N–H and O–H groups in total. The first-order valence-corrected chi connectivity index (χ1v) is 7.76. The van der Waals surface area contributed by atoms with Crippen molar-refractivity contribution in [3.63, 3.8) is 0 Å². The molecule has 1 aromatic rings. The third kappa shape index (κ3) is 4.09. The van der Waals surface area contributed by atoms with Crippen molar-refractivity contribution in [1.82, 2.24) is 15.1 Å². The number of rotatable bonds is 4. The number of likely N-dealkylation sites (N-methyl/N-ethyl adjacent to an activating group) is 1. The second-order valence-electron chi connectivity index (χ2n) is 5.36. The second-order valence-corrected chi connectivity index (χ2v) is 7.08. The number of amides is 2. The predicted octanol–water partition coefficient (Wildman–Crippen LogP) is 1.81. The highest BCUT2D eigenvalue weighted by Crippen LogP contribution is 2.23. The zero-order valence-electron chi connectivity index (χ0n) is 11.9. The van der Waals surface area contributed by atoms with Crippen molar-refractivity contribution in [2.24, 2.45) is 0 Å². The van der Waals surface area contributed by atoms with Gasteiger partial charge in [-0.25, -0.2) is 4.79 Å². The Hall–Kier alpha value is -1.31. The first-order chi connectivity index (χ1) is 9.86. The zero-order chi connectivity index (χ0) is 15.6. The molecule has 1 aromatic heterocycles. The van der Waals surface area contributed by atoms with Crippen molar-refractivity contribution in [3.8, 4) is 0 Å². The Labute approximate surface area is 132 Å². The smallest absolute Gasteiger partial charge is 0.407 e. The van der Waals surface area contributed by atoms with Gasteiger partial charge in [-0.2, -0.15) is 0 Å². The number of carboxylic acid groups (broad SMARTS) is 1. The number of likely N-dealkylation sites (tertiary alicyclic amines) is 1. The van der Waals surface area contributed by atoms with Crippen molar-refractivity contribution in [1.29, 1.82) is 0 Å². The van der Waals surface area contributed by atoms with Gasteiger partial charge in [-0.15, -0.1) is 11.3 Å². The van der Waals surface area contributed by atoms with Crippen LogP contribution in [0.3, 0.4) is 0 Å². The van der Waals surface area contributed by atoms with Crippen LogP contribution in [0.2, 0.25) is 4.34 Å². The van der Waals surface area contributed by atoms with Crippen molar-refractivity contribution in [3.05, 3.63) is 21.3 Å². The van der Waals surface area contributed by atoms with Crippen LogP contribution in [0.1, 0.15) is 16.1 Å². The van der Waals surface area contributed by atoms with E-state index >= 15 is 0 Å². The Morgan fingerprint density at radius 2 is 2.24 bits per heavy atom. The van der Waals surface area contributed by atoms with Gasteiger partial charge < -0.3 is 20.2 Å². The number of thiophene rings is 1. The first kappa shape index (κ1) is 16.1. The topological polar surface area (TPSA) is 72.9 Å². The van der Waals surface area contributed by atoms with E-state index in [2.05, 4.69) is 5.32 Å². The molecular formula is C13H18ClN3O3S. The van der Waals surface area contributed by atoms with Crippen LogP contribution < -0.4 is 5.32 Å². The van der Waals surface area contributed by atoms with E-state index in [9.17, 15) is 14.7 Å². The minimum absolute atomic E-state index is 0.102. The van der Waals surface area contributed by atoms with E-state index in [1.165, 1.54) is 16.2 Å². The lowest BCUT2D eigenvalue weighted by Gasteiger charge is -2.23. The Balaban J connectivity index is 1.98. The molecule has 21 heavy (non-hydrogen) atoms. The maximum atomic E-state index is 12.1. The third-order valence-electron chi connectivity index (χ3n) is 3.37. The van der Waals surface area contributed by atoms with Crippen molar-refractivity contribution >= 4 is 34.9 Å². The summed E-state index contributed by atoms with van der Waals surface area (Å²) in [7, 11) is 3.80. The fraction of sp³-hybridized carbons (Fsp3) is 0.538. The summed E-state index contributed by atoms with van der Waals surface area (Å²) in [6, 6.07) is 3.08. The molecule has 8 heteroatoms. The van der Waals surface area contributed by atoms with E-state index in [-0.39, 0.29) is 18.0 Å². The molecule has 6 nitrogen and oxygen atoms in total. The van der Waals surface area contributed by atoms with E-state index in [1.807, 2.05) is 19.0 Å². The largest absolute Gasteiger partial charge is 0.465 e. The molecule has 0 radical (unpaired) electrons. The van der Waals surface area contributed by atoms with Gasteiger partial charge in [-0.05, 0) is 32.6 Å². The molecule has 1 fully saturated rings. The molecule has 0 unspecified atom stereocenters. The normalized spacial score (nSPS) is 21.8. The van der Waals surface area contributed by atoms with Crippen LogP contribution in [0.25, 0.3) is 0 Å². The predicted molar refractivity (Wildman–Crippen MR) is 82.3 cm³/mol. The molecular weight excluding hydrogens is 314 g/mol. The Morgan fingerprint density at radius 3 is 2.76 bits per heavy atom. The average molecular weight is 332 g/mol. The van der Waals surface area contributed by atoms with E-state index < -0.39 is 6.09 Å². The van der Waals surface area contributed by atoms with Crippen molar-refractivity contribution < 1.29 is 14.7 Å². The van der Waals surface area contributed by atoms with E-state index in [4.69, 9.17) is 11.6 Å². The Morgan fingerprint density at radius 1 is 1.52 bits per heavy atom. The van der Waals surface area contributed by atoms with E-state index in [0.29, 0.717) is 28.7 Å². The van der Waals surface area contributed by atoms with Crippen LogP contribution in [-0.2, 0) is 0 Å². The molecule has 1 saturated heterocycles. The standard InChI is InChI=1S/C13H18ClN3O3S/c1-16(2)7-9-5-8(6-17(9)13(19)20)15-12(18)10-3-4-11(14)21-10/h3-4,8-9H,5-7H2,1-2H3,(H,15,18)(H,19,20)/t8-,9+/m1/s1. The number of carbonyl (C=O) groups excluding carboxylic acids is 1. The summed E-state index contributed by atoms with van der Waals surface area (Å²) >= 11 is 7.03. The molecule has 2 amide bonds. The number of nitrogens with one attached hydrogen (secondary N) is 1. The lowest BCUT2D eigenvalue weighted by molar-refractivity contribution is 0.0939. The maximum absolute atomic E-state index is 12.1. The van der Waals surface area contributed by atoms with Crippen LogP contribution in [0.15, 0.2) is 12.1 Å². The van der Waals surface area contributed by atoms with Gasteiger partial charge in [0.2, 0.25) is 0 Å². The molecule has 2 rings (SSSR count). The lowest BCUT2D eigenvalue weighted by Crippen LogP contribution is -2.41. The molecule has 0 aliphatic carbocycles. The monoisotopic (exact) mass is 331 g/mol. The highest BCUT2D eigenvalue weighted by atomic mass is 35.5. The third-order valence-corrected chi connectivity index (χ3v) is 4.60. The van der Waals surface area contributed by atoms with Crippen LogP contribution in [0, 0.1) is 0 Å². The Kier molecular flexibility index (Phi) is 5.08. The summed E-state index contributed by atoms with van der Waals surface area (Å²) in [5, 5.41) is 12.1. The zero-order valence-corrected chi connectivity index (χ0v) is 13.4. The number of carbonyl (C=O) groups is 2. The summed E-state index contributed by atoms with van der Waals surface area (Å²) in [5.74, 6) is -0.201. The summed E-state index contributed by atoms with van der Waals surface area (Å²) in [5.41, 5.74) is 0. The van der Waals surface area contributed by atoms with E-state index in [0.717, 1.165) is 0 Å². The average Bonchev–Trinajstić information content (AvgIpc) is 2.95. The number of hydrogen-bond acceptors (Lipinski definition) is 4. The first-order valence-electron chi connectivity index (χ1n) is 6.57. The van der Waals surface area contributed by atoms with Gasteiger partial charge in [0.1, 0.15) is 0 Å². The van der Waals surface area contributed by atoms with Crippen molar-refractivity contribution in [2.75, 3.05) is 27.2 Å². The summed E-state index contributed by atoms with van der Waals surface area (Å²) in [6.45, 7) is 0.961. The molecule has 0 saturated carbocycles. The summed E-state index contributed by atoms with van der Waals surface area (Å²) in [4.78, 5) is 27.2. The Bertz CT molecular complexity index is 534. The molecule has 1 aliphatic heterocycles. The summed E-state index contributed by atoms with van der Waals surface area (Å²) in [6.07, 6.45) is -0.326. The maximum Gasteiger partial charge on any atom is 0.407 e. The van der Waals surface area contributed by atoms with Gasteiger partial charge in [0.25, 0.3) is 5.91 Å². The molecule has 2 atom stereocenters. The summed E-state index contributed by atoms with van der Waals surface area (Å²) < 4.78 is 0.559. The van der Waals surface area contributed by atoms with Crippen LogP contribution >= 0.6 is 22.9 Å². The number of nitrogens with zero attached hydrogens (tertiary/aromatic N) is 2. The SMILES string of the molecule is CN(C)C[C@@H]1C[C@@H](NC(=O)c2ccc(Cl)s2)CN1C(=O)O. The number of halogens is 1. The van der Waals surface area contributed by atoms with Gasteiger partial charge in [-0.1, -0.05) is 11.6 Å². The van der Waals surface area contributed by atoms with E-state index in [1.54, 1.807) is 12.1 Å². The fourth-order valence-electron chi connectivity index (χ4n) is 2.54. The van der Waals surface area contributed by atoms with Gasteiger partial charge in [-0.3, -0.25) is 4.79 Å². The molecule has 116 valence electrons. The second kappa shape index (κ2) is 6.64. The molecule has 2 heterocycles. The quantitative estimate of drug-likeness (QED) is 0.882. The van der Waals surface area contributed by atoms with Crippen LogP contribution in [0.4, 0.5) is 4.79 Å². The minimum Gasteiger partial charge on any atom is -0.465 e. The molecule has 0 aromatic carbocycles. The van der Waals surface area contributed by atoms with Crippen LogP contribution in [-0.4, -0.2) is 66.2 Å². The lowest BCUT2D eigenvalue weighted by atomic mass is 10.1. The van der Waals surface area contributed by atoms with Gasteiger partial charge in [0.15, 0.2) is 0 Å². The molecule has 1 aliphatic rings. The minimum atomic E-state index is -0.947. The highest BCUT2D eigenvalue weighted by molar-refractivity contribution is 7.17. The van der Waals surface area contributed by atoms with Crippen LogP contribution in [0.5, 0.6) is 0 Å². The van der Waals surface area contributed by atoms with Crippen molar-refractivity contribution in [2.45, 2.75) is 18.5 Å². The molecule has 0 spiro atoms. The highest BCUT2D eigenvalue weighted by Gasteiger charge is 2.36. The van der Waals surface area contributed by atoms with Gasteiger partial charge in [0, 0.05) is 25.2 Å². The number of hydrogen-bond donors (Lipinski definition) is 2. The fourth-order valence-corrected chi connectivity index (χ4v) is 3.49.